The highest BCUT2D eigenvalue weighted by Gasteiger charge is 2.24. The molecule has 78 valence electrons. The van der Waals surface area contributed by atoms with Gasteiger partial charge in [0.25, 0.3) is 0 Å². The standard InChI is InChI=1S/C11H19N3/c1-2-5-13-10-3-4-11(8-10)14-7-6-12-9-14/h6-7,9-11,13H,2-5,8H2,1H3. The summed E-state index contributed by atoms with van der Waals surface area (Å²) in [6.07, 6.45) is 11.0. The largest absolute Gasteiger partial charge is 0.334 e. The highest BCUT2D eigenvalue weighted by atomic mass is 15.1. The van der Waals surface area contributed by atoms with Crippen LogP contribution < -0.4 is 5.32 Å². The van der Waals surface area contributed by atoms with E-state index in [9.17, 15) is 0 Å². The molecule has 2 unspecified atom stereocenters. The molecule has 0 saturated heterocycles. The second-order valence-electron chi connectivity index (χ2n) is 4.13. The molecule has 1 N–H and O–H groups in total. The Kier molecular flexibility index (Phi) is 3.19. The highest BCUT2D eigenvalue weighted by molar-refractivity contribution is 4.88. The third-order valence-corrected chi connectivity index (χ3v) is 3.03. The predicted octanol–water partition coefficient (Wildman–Crippen LogP) is 1.98. The third kappa shape index (κ3) is 2.15. The van der Waals surface area contributed by atoms with Crippen molar-refractivity contribution in [3.63, 3.8) is 0 Å². The van der Waals surface area contributed by atoms with Crippen molar-refractivity contribution in [2.75, 3.05) is 6.54 Å². The number of nitrogens with zero attached hydrogens (tertiary/aromatic N) is 2. The van der Waals surface area contributed by atoms with Crippen molar-refractivity contribution in [1.82, 2.24) is 14.9 Å². The maximum atomic E-state index is 4.10. The van der Waals surface area contributed by atoms with Gasteiger partial charge in [0.15, 0.2) is 0 Å². The molecule has 2 atom stereocenters. The zero-order valence-electron chi connectivity index (χ0n) is 8.82. The zero-order valence-corrected chi connectivity index (χ0v) is 8.82. The molecule has 3 nitrogen and oxygen atoms in total. The molecular formula is C11H19N3. The molecule has 3 heteroatoms. The number of hydrogen-bond acceptors (Lipinski definition) is 2. The van der Waals surface area contributed by atoms with Crippen molar-refractivity contribution in [1.29, 1.82) is 0 Å². The molecule has 14 heavy (non-hydrogen) atoms. The van der Waals surface area contributed by atoms with Crippen molar-refractivity contribution in [2.24, 2.45) is 0 Å². The first kappa shape index (κ1) is 9.71. The molecule has 0 amide bonds. The Morgan fingerprint density at radius 2 is 2.43 bits per heavy atom. The average molecular weight is 193 g/mol. The quantitative estimate of drug-likeness (QED) is 0.792. The number of rotatable bonds is 4. The highest BCUT2D eigenvalue weighted by Crippen LogP contribution is 2.29. The molecule has 1 saturated carbocycles. The Hall–Kier alpha value is -0.830. The molecule has 1 aliphatic carbocycles. The van der Waals surface area contributed by atoms with E-state index in [1.54, 1.807) is 0 Å². The van der Waals surface area contributed by atoms with Gasteiger partial charge in [-0.25, -0.2) is 4.98 Å². The summed E-state index contributed by atoms with van der Waals surface area (Å²) in [6, 6.07) is 1.40. The fourth-order valence-corrected chi connectivity index (χ4v) is 2.25. The second-order valence-corrected chi connectivity index (χ2v) is 4.13. The van der Waals surface area contributed by atoms with Crippen LogP contribution in [0.2, 0.25) is 0 Å². The van der Waals surface area contributed by atoms with E-state index < -0.39 is 0 Å². The van der Waals surface area contributed by atoms with Gasteiger partial charge in [-0.3, -0.25) is 0 Å². The van der Waals surface area contributed by atoms with E-state index in [1.165, 1.54) is 25.7 Å². The molecule has 1 fully saturated rings. The molecule has 1 aromatic rings. The maximum Gasteiger partial charge on any atom is 0.0948 e. The summed E-state index contributed by atoms with van der Waals surface area (Å²) in [5.74, 6) is 0. The van der Waals surface area contributed by atoms with Gasteiger partial charge >= 0.3 is 0 Å². The lowest BCUT2D eigenvalue weighted by molar-refractivity contribution is 0.473. The lowest BCUT2D eigenvalue weighted by Crippen LogP contribution is -2.27. The predicted molar refractivity (Wildman–Crippen MR) is 57.2 cm³/mol. The van der Waals surface area contributed by atoms with Gasteiger partial charge in [0.1, 0.15) is 0 Å². The Morgan fingerprint density at radius 3 is 3.14 bits per heavy atom. The fourth-order valence-electron chi connectivity index (χ4n) is 2.25. The number of imidazole rings is 1. The van der Waals surface area contributed by atoms with E-state index in [0.29, 0.717) is 6.04 Å². The van der Waals surface area contributed by atoms with Gasteiger partial charge in [0.2, 0.25) is 0 Å². The number of aromatic nitrogens is 2. The third-order valence-electron chi connectivity index (χ3n) is 3.03. The first-order valence-corrected chi connectivity index (χ1v) is 5.61. The summed E-state index contributed by atoms with van der Waals surface area (Å²) in [5, 5.41) is 3.59. The lowest BCUT2D eigenvalue weighted by Gasteiger charge is -2.13. The van der Waals surface area contributed by atoms with Crippen molar-refractivity contribution in [3.8, 4) is 0 Å². The average Bonchev–Trinajstić information content (AvgIpc) is 2.85. The lowest BCUT2D eigenvalue weighted by atomic mass is 10.2. The van der Waals surface area contributed by atoms with E-state index in [4.69, 9.17) is 0 Å². The minimum absolute atomic E-state index is 0.673. The molecule has 0 aliphatic heterocycles. The van der Waals surface area contributed by atoms with Crippen LogP contribution in [0.4, 0.5) is 0 Å². The normalized spacial score (nSPS) is 26.9. The van der Waals surface area contributed by atoms with Gasteiger partial charge in [-0.05, 0) is 32.2 Å². The van der Waals surface area contributed by atoms with Crippen molar-refractivity contribution in [2.45, 2.75) is 44.7 Å². The topological polar surface area (TPSA) is 29.9 Å². The van der Waals surface area contributed by atoms with Crippen molar-refractivity contribution in [3.05, 3.63) is 18.7 Å². The van der Waals surface area contributed by atoms with E-state index >= 15 is 0 Å². The van der Waals surface area contributed by atoms with Gasteiger partial charge in [0.05, 0.1) is 6.33 Å². The van der Waals surface area contributed by atoms with Crippen LogP contribution in [0.5, 0.6) is 0 Å². The molecule has 1 heterocycles. The van der Waals surface area contributed by atoms with Gasteiger partial charge in [-0.15, -0.1) is 0 Å². The molecule has 0 aromatic carbocycles. The minimum atomic E-state index is 0.673. The van der Waals surface area contributed by atoms with Crippen LogP contribution in [-0.4, -0.2) is 22.1 Å². The van der Waals surface area contributed by atoms with Crippen LogP contribution >= 0.6 is 0 Å². The maximum absolute atomic E-state index is 4.10. The number of hydrogen-bond donors (Lipinski definition) is 1. The summed E-state index contributed by atoms with van der Waals surface area (Å²) in [5.41, 5.74) is 0. The Labute approximate surface area is 85.5 Å². The molecular weight excluding hydrogens is 174 g/mol. The van der Waals surface area contributed by atoms with Gasteiger partial charge in [-0.1, -0.05) is 6.92 Å². The summed E-state index contributed by atoms with van der Waals surface area (Å²) in [6.45, 7) is 3.37. The van der Waals surface area contributed by atoms with E-state index in [2.05, 4.69) is 28.0 Å². The van der Waals surface area contributed by atoms with E-state index in [0.717, 1.165) is 12.6 Å². The first-order valence-electron chi connectivity index (χ1n) is 5.61. The van der Waals surface area contributed by atoms with E-state index in [1.807, 2.05) is 12.5 Å². The summed E-state index contributed by atoms with van der Waals surface area (Å²) in [4.78, 5) is 4.10. The minimum Gasteiger partial charge on any atom is -0.334 e. The van der Waals surface area contributed by atoms with Gasteiger partial charge < -0.3 is 9.88 Å². The smallest absolute Gasteiger partial charge is 0.0948 e. The zero-order chi connectivity index (χ0) is 9.80. The van der Waals surface area contributed by atoms with E-state index in [-0.39, 0.29) is 0 Å². The molecule has 0 radical (unpaired) electrons. The Balaban J connectivity index is 1.83. The molecule has 0 spiro atoms. The van der Waals surface area contributed by atoms with Crippen LogP contribution in [-0.2, 0) is 0 Å². The van der Waals surface area contributed by atoms with Crippen LogP contribution in [0.3, 0.4) is 0 Å². The second kappa shape index (κ2) is 4.60. The van der Waals surface area contributed by atoms with Crippen molar-refractivity contribution < 1.29 is 0 Å². The fraction of sp³-hybridized carbons (Fsp3) is 0.727. The van der Waals surface area contributed by atoms with Crippen LogP contribution in [0.25, 0.3) is 0 Å². The molecule has 1 aliphatic rings. The van der Waals surface area contributed by atoms with Crippen molar-refractivity contribution >= 4 is 0 Å². The van der Waals surface area contributed by atoms with Gasteiger partial charge in [0, 0.05) is 24.5 Å². The van der Waals surface area contributed by atoms with Gasteiger partial charge in [-0.2, -0.15) is 0 Å². The van der Waals surface area contributed by atoms with Crippen LogP contribution in [0, 0.1) is 0 Å². The Morgan fingerprint density at radius 1 is 1.50 bits per heavy atom. The SMILES string of the molecule is CCCNC1CCC(n2ccnc2)C1. The monoisotopic (exact) mass is 193 g/mol. The Bertz CT molecular complexity index is 256. The summed E-state index contributed by atoms with van der Waals surface area (Å²) in [7, 11) is 0. The molecule has 0 bridgehead atoms. The summed E-state index contributed by atoms with van der Waals surface area (Å²) >= 11 is 0. The summed E-state index contributed by atoms with van der Waals surface area (Å²) < 4.78 is 2.24. The molecule has 2 rings (SSSR count). The molecule has 1 aromatic heterocycles. The first-order chi connectivity index (χ1) is 6.90. The van der Waals surface area contributed by atoms with Crippen LogP contribution in [0.1, 0.15) is 38.6 Å². The van der Waals surface area contributed by atoms with Crippen LogP contribution in [0.15, 0.2) is 18.7 Å². The number of nitrogens with one attached hydrogen (secondary N) is 1.